The number of anilines is 1. The lowest BCUT2D eigenvalue weighted by Crippen LogP contribution is -2.37. The maximum atomic E-state index is 13.2. The Morgan fingerprint density at radius 2 is 2.06 bits per heavy atom. The second-order valence-electron chi connectivity index (χ2n) is 8.16. The molecular weight excluding hydrogens is 443 g/mol. The van der Waals surface area contributed by atoms with Gasteiger partial charge in [-0.3, -0.25) is 4.79 Å². The molecule has 2 aromatic heterocycles. The molecule has 4 aromatic rings. The van der Waals surface area contributed by atoms with E-state index in [2.05, 4.69) is 25.9 Å². The molecule has 1 aliphatic heterocycles. The van der Waals surface area contributed by atoms with Gasteiger partial charge in [-0.15, -0.1) is 5.10 Å². The first-order valence-electron chi connectivity index (χ1n) is 10.8. The van der Waals surface area contributed by atoms with Crippen LogP contribution in [0.1, 0.15) is 18.4 Å². The van der Waals surface area contributed by atoms with Crippen LogP contribution in [0.5, 0.6) is 0 Å². The molecule has 7 nitrogen and oxygen atoms in total. The van der Waals surface area contributed by atoms with Crippen molar-refractivity contribution in [1.29, 1.82) is 0 Å². The molecule has 1 aliphatic rings. The van der Waals surface area contributed by atoms with Crippen LogP contribution in [0.2, 0.25) is 5.02 Å². The molecule has 0 aliphatic carbocycles. The largest absolute Gasteiger partial charge is 0.316 e. The molecule has 2 aromatic carbocycles. The Labute approximate surface area is 195 Å². The number of carbonyl (C=O) groups is 1. The summed E-state index contributed by atoms with van der Waals surface area (Å²) in [6, 6.07) is 13.8. The molecule has 2 N–H and O–H groups in total. The number of halogens is 2. The summed E-state index contributed by atoms with van der Waals surface area (Å²) < 4.78 is 15.0. The fourth-order valence-corrected chi connectivity index (χ4v) is 4.26. The fourth-order valence-electron chi connectivity index (χ4n) is 4.04. The van der Waals surface area contributed by atoms with Crippen molar-refractivity contribution in [3.8, 4) is 11.1 Å². The van der Waals surface area contributed by atoms with Crippen LogP contribution < -0.4 is 10.6 Å². The lowest BCUT2D eigenvalue weighted by Gasteiger charge is -2.21. The van der Waals surface area contributed by atoms with E-state index in [0.717, 1.165) is 47.1 Å². The third kappa shape index (κ3) is 4.72. The minimum atomic E-state index is -0.278. The number of nitrogens with one attached hydrogen (secondary N) is 2. The van der Waals surface area contributed by atoms with Crippen LogP contribution in [-0.2, 0) is 11.3 Å². The minimum absolute atomic E-state index is 0.0417. The van der Waals surface area contributed by atoms with E-state index in [4.69, 9.17) is 11.6 Å². The molecule has 0 radical (unpaired) electrons. The van der Waals surface area contributed by atoms with Crippen LogP contribution in [0.25, 0.3) is 22.2 Å². The predicted molar refractivity (Wildman–Crippen MR) is 125 cm³/mol. The van der Waals surface area contributed by atoms with Crippen molar-refractivity contribution in [3.63, 3.8) is 0 Å². The lowest BCUT2D eigenvalue weighted by molar-refractivity contribution is -0.120. The Balaban J connectivity index is 1.42. The molecule has 1 fully saturated rings. The van der Waals surface area contributed by atoms with Gasteiger partial charge in [0.15, 0.2) is 0 Å². The fraction of sp³-hybridized carbons (Fsp3) is 0.250. The van der Waals surface area contributed by atoms with Gasteiger partial charge in [-0.25, -0.2) is 14.1 Å². The van der Waals surface area contributed by atoms with Crippen molar-refractivity contribution in [2.45, 2.75) is 19.4 Å². The maximum Gasteiger partial charge on any atom is 0.229 e. The van der Waals surface area contributed by atoms with Gasteiger partial charge in [0.05, 0.1) is 23.0 Å². The summed E-state index contributed by atoms with van der Waals surface area (Å²) in [5.41, 5.74) is 4.08. The number of carbonyl (C=O) groups excluding carboxylic acids is 1. The van der Waals surface area contributed by atoms with Crippen LogP contribution in [0, 0.1) is 11.7 Å². The van der Waals surface area contributed by atoms with Crippen molar-refractivity contribution >= 4 is 34.4 Å². The highest BCUT2D eigenvalue weighted by atomic mass is 35.5. The number of piperidine rings is 1. The number of rotatable bonds is 5. The molecular formula is C24H22ClFN6O. The first-order valence-corrected chi connectivity index (χ1v) is 11.2. The lowest BCUT2D eigenvalue weighted by atomic mass is 9.99. The van der Waals surface area contributed by atoms with Crippen molar-refractivity contribution in [2.24, 2.45) is 5.92 Å². The molecule has 1 saturated heterocycles. The Hall–Kier alpha value is -3.36. The van der Waals surface area contributed by atoms with Crippen molar-refractivity contribution in [1.82, 2.24) is 25.3 Å². The van der Waals surface area contributed by atoms with Gasteiger partial charge in [0.25, 0.3) is 0 Å². The van der Waals surface area contributed by atoms with E-state index in [1.54, 1.807) is 29.1 Å². The molecule has 1 unspecified atom stereocenters. The summed E-state index contributed by atoms with van der Waals surface area (Å²) in [5, 5.41) is 15.1. The molecule has 33 heavy (non-hydrogen) atoms. The van der Waals surface area contributed by atoms with Crippen molar-refractivity contribution in [3.05, 3.63) is 71.1 Å². The molecule has 1 amide bonds. The average Bonchev–Trinajstić information content (AvgIpc) is 3.24. The Morgan fingerprint density at radius 1 is 1.21 bits per heavy atom. The van der Waals surface area contributed by atoms with Gasteiger partial charge < -0.3 is 10.6 Å². The van der Waals surface area contributed by atoms with E-state index in [-0.39, 0.29) is 17.6 Å². The predicted octanol–water partition coefficient (Wildman–Crippen LogP) is 4.27. The number of amides is 1. The summed E-state index contributed by atoms with van der Waals surface area (Å²) in [4.78, 5) is 16.9. The summed E-state index contributed by atoms with van der Waals surface area (Å²) in [5.74, 6) is 0.0744. The third-order valence-corrected chi connectivity index (χ3v) is 6.15. The van der Waals surface area contributed by atoms with E-state index in [1.807, 2.05) is 18.2 Å². The molecule has 168 valence electrons. The maximum absolute atomic E-state index is 13.2. The molecule has 0 spiro atoms. The highest BCUT2D eigenvalue weighted by Gasteiger charge is 2.21. The zero-order valence-electron chi connectivity index (χ0n) is 17.8. The van der Waals surface area contributed by atoms with Gasteiger partial charge >= 0.3 is 0 Å². The Bertz CT molecular complexity index is 1300. The molecule has 1 atom stereocenters. The monoisotopic (exact) mass is 464 g/mol. The SMILES string of the molecule is O=C(Nc1cc(-c2ccc3nnn(Cc4ccc(F)cc4)c3c2)c(Cl)cn1)C1CCCNC1. The van der Waals surface area contributed by atoms with Crippen LogP contribution in [0.4, 0.5) is 10.2 Å². The van der Waals surface area contributed by atoms with Crippen molar-refractivity contribution in [2.75, 3.05) is 18.4 Å². The second kappa shape index (κ2) is 9.25. The summed E-state index contributed by atoms with van der Waals surface area (Å²) in [6.07, 6.45) is 3.39. The highest BCUT2D eigenvalue weighted by molar-refractivity contribution is 6.33. The smallest absolute Gasteiger partial charge is 0.229 e. The minimum Gasteiger partial charge on any atom is -0.316 e. The number of benzene rings is 2. The van der Waals surface area contributed by atoms with E-state index < -0.39 is 0 Å². The van der Waals surface area contributed by atoms with Gasteiger partial charge in [0.1, 0.15) is 17.2 Å². The Morgan fingerprint density at radius 3 is 2.85 bits per heavy atom. The molecule has 9 heteroatoms. The van der Waals surface area contributed by atoms with E-state index in [0.29, 0.717) is 23.9 Å². The second-order valence-corrected chi connectivity index (χ2v) is 8.57. The van der Waals surface area contributed by atoms with Gasteiger partial charge in [-0.2, -0.15) is 0 Å². The average molecular weight is 465 g/mol. The number of hydrogen-bond acceptors (Lipinski definition) is 5. The van der Waals surface area contributed by atoms with Gasteiger partial charge in [0, 0.05) is 18.3 Å². The molecule has 0 saturated carbocycles. The van der Waals surface area contributed by atoms with Crippen LogP contribution in [0.3, 0.4) is 0 Å². The van der Waals surface area contributed by atoms with Crippen molar-refractivity contribution < 1.29 is 9.18 Å². The molecule has 3 heterocycles. The summed E-state index contributed by atoms with van der Waals surface area (Å²) in [7, 11) is 0. The quantitative estimate of drug-likeness (QED) is 0.460. The molecule has 0 bridgehead atoms. The normalized spacial score (nSPS) is 16.1. The first kappa shape index (κ1) is 21.5. The standard InChI is InChI=1S/C24H22ClFN6O/c25-20-13-28-23(29-24(33)17-2-1-9-27-12-17)11-19(20)16-5-8-21-22(10-16)32(31-30-21)14-15-3-6-18(26)7-4-15/h3-8,10-11,13,17,27H,1-2,9,12,14H2,(H,28,29,33). The number of hydrogen-bond donors (Lipinski definition) is 2. The van der Waals surface area contributed by atoms with E-state index >= 15 is 0 Å². The summed E-state index contributed by atoms with van der Waals surface area (Å²) >= 11 is 6.47. The number of pyridine rings is 1. The topological polar surface area (TPSA) is 84.7 Å². The zero-order valence-corrected chi connectivity index (χ0v) is 18.5. The first-order chi connectivity index (χ1) is 16.1. The van der Waals surface area contributed by atoms with E-state index in [1.165, 1.54) is 12.1 Å². The number of nitrogens with zero attached hydrogens (tertiary/aromatic N) is 4. The number of fused-ring (bicyclic) bond motifs is 1. The Kier molecular flexibility index (Phi) is 6.02. The zero-order chi connectivity index (χ0) is 22.8. The van der Waals surface area contributed by atoms with Crippen LogP contribution >= 0.6 is 11.6 Å². The highest BCUT2D eigenvalue weighted by Crippen LogP contribution is 2.31. The van der Waals surface area contributed by atoms with Gasteiger partial charge in [-0.1, -0.05) is 35.0 Å². The van der Waals surface area contributed by atoms with Crippen LogP contribution in [-0.4, -0.2) is 39.0 Å². The molecule has 5 rings (SSSR count). The van der Waals surface area contributed by atoms with Gasteiger partial charge in [0.2, 0.25) is 5.91 Å². The third-order valence-electron chi connectivity index (χ3n) is 5.84. The number of aromatic nitrogens is 4. The van der Waals surface area contributed by atoms with Crippen LogP contribution in [0.15, 0.2) is 54.7 Å². The van der Waals surface area contributed by atoms with E-state index in [9.17, 15) is 9.18 Å². The van der Waals surface area contributed by atoms with Gasteiger partial charge in [-0.05, 0) is 60.8 Å². The summed E-state index contributed by atoms with van der Waals surface area (Å²) in [6.45, 7) is 2.08.